The van der Waals surface area contributed by atoms with Crippen molar-refractivity contribution in [2.45, 2.75) is 45.6 Å². The lowest BCUT2D eigenvalue weighted by molar-refractivity contribution is 0.0739. The highest BCUT2D eigenvalue weighted by Gasteiger charge is 2.44. The Balaban J connectivity index is 1.86. The van der Waals surface area contributed by atoms with E-state index in [9.17, 15) is 10.1 Å². The molecule has 0 amide bonds. The van der Waals surface area contributed by atoms with Crippen LogP contribution in [0.1, 0.15) is 54.2 Å². The molecule has 1 heterocycles. The number of ketones is 1. The molecule has 0 saturated carbocycles. The zero-order valence-electron chi connectivity index (χ0n) is 16.9. The van der Waals surface area contributed by atoms with Crippen LogP contribution in [0.2, 0.25) is 0 Å². The van der Waals surface area contributed by atoms with Crippen molar-refractivity contribution in [3.8, 4) is 6.07 Å². The Bertz CT molecular complexity index is 1120. The number of hydrogen-bond donors (Lipinski definition) is 0. The van der Waals surface area contributed by atoms with Crippen molar-refractivity contribution in [2.75, 3.05) is 0 Å². The van der Waals surface area contributed by atoms with Crippen molar-refractivity contribution < 1.29 is 4.79 Å². The molecule has 1 aliphatic rings. The van der Waals surface area contributed by atoms with Crippen LogP contribution in [0.15, 0.2) is 66.7 Å². The van der Waals surface area contributed by atoms with E-state index in [-0.39, 0.29) is 5.78 Å². The third-order valence-electron chi connectivity index (χ3n) is 6.17. The van der Waals surface area contributed by atoms with Crippen molar-refractivity contribution in [3.63, 3.8) is 0 Å². The molecule has 4 rings (SSSR count). The molecule has 1 unspecified atom stereocenters. The average molecular weight is 383 g/mol. The van der Waals surface area contributed by atoms with Gasteiger partial charge in [-0.05, 0) is 44.2 Å². The lowest BCUT2D eigenvalue weighted by atomic mass is 9.66. The van der Waals surface area contributed by atoms with E-state index in [1.165, 1.54) is 5.56 Å². The van der Waals surface area contributed by atoms with Crippen LogP contribution < -0.4 is 0 Å². The molecule has 1 aromatic heterocycles. The molecular formula is C26H26N2O. The largest absolute Gasteiger partial charge is 0.339 e. The van der Waals surface area contributed by atoms with Gasteiger partial charge in [-0.15, -0.1) is 6.58 Å². The van der Waals surface area contributed by atoms with Crippen molar-refractivity contribution in [2.24, 2.45) is 5.41 Å². The fourth-order valence-corrected chi connectivity index (χ4v) is 4.92. The van der Waals surface area contributed by atoms with Crippen LogP contribution in [-0.2, 0) is 13.0 Å². The first-order valence-corrected chi connectivity index (χ1v) is 10.3. The Morgan fingerprint density at radius 1 is 1.17 bits per heavy atom. The number of allylic oxidation sites excluding steroid dienone is 1. The number of fused-ring (bicyclic) bond motifs is 3. The lowest BCUT2D eigenvalue weighted by Crippen LogP contribution is -2.36. The highest BCUT2D eigenvalue weighted by molar-refractivity contribution is 6.13. The molecule has 3 aromatic rings. The number of nitrogens with zero attached hydrogens (tertiary/aromatic N) is 2. The molecule has 1 aliphatic carbocycles. The molecule has 0 fully saturated rings. The molecule has 0 aliphatic heterocycles. The molecule has 0 radical (unpaired) electrons. The van der Waals surface area contributed by atoms with E-state index < -0.39 is 5.41 Å². The Kier molecular flexibility index (Phi) is 5.11. The fraction of sp³-hybridized carbons (Fsp3) is 0.308. The molecule has 1 atom stereocenters. The standard InChI is InChI=1S/C26H26N2O/c1-19(2)17-26(14-8-16-27)15-13-23-24(25(26)29)21-11-6-7-12-22(21)28(23)18-20-9-4-3-5-10-20/h3-7,9-12H,1,8,13-15,17-18H2,2H3. The lowest BCUT2D eigenvalue weighted by Gasteiger charge is -2.36. The summed E-state index contributed by atoms with van der Waals surface area (Å²) >= 11 is 0. The van der Waals surface area contributed by atoms with Gasteiger partial charge in [0.25, 0.3) is 0 Å². The van der Waals surface area contributed by atoms with E-state index in [2.05, 4.69) is 53.6 Å². The SMILES string of the molecule is C=C(C)CC1(CCC#N)CCc2c(c3ccccc3n2Cc2ccccc2)C1=O. The Morgan fingerprint density at radius 3 is 2.62 bits per heavy atom. The fourth-order valence-electron chi connectivity index (χ4n) is 4.92. The van der Waals surface area contributed by atoms with Gasteiger partial charge in [0.1, 0.15) is 0 Å². The maximum Gasteiger partial charge on any atom is 0.171 e. The van der Waals surface area contributed by atoms with Crippen LogP contribution in [0.4, 0.5) is 0 Å². The molecule has 2 aromatic carbocycles. The Labute approximate surface area is 172 Å². The maximum absolute atomic E-state index is 13.9. The van der Waals surface area contributed by atoms with Crippen LogP contribution in [-0.4, -0.2) is 10.4 Å². The van der Waals surface area contributed by atoms with E-state index in [0.29, 0.717) is 19.3 Å². The van der Waals surface area contributed by atoms with Gasteiger partial charge in [0, 0.05) is 40.5 Å². The summed E-state index contributed by atoms with van der Waals surface area (Å²) in [7, 11) is 0. The number of nitriles is 1. The minimum Gasteiger partial charge on any atom is -0.339 e. The first-order chi connectivity index (χ1) is 14.1. The van der Waals surface area contributed by atoms with E-state index in [4.69, 9.17) is 0 Å². The van der Waals surface area contributed by atoms with Crippen molar-refractivity contribution >= 4 is 16.7 Å². The quantitative estimate of drug-likeness (QED) is 0.485. The minimum atomic E-state index is -0.504. The van der Waals surface area contributed by atoms with E-state index in [0.717, 1.165) is 47.1 Å². The summed E-state index contributed by atoms with van der Waals surface area (Å²) in [6, 6.07) is 20.9. The molecular weight excluding hydrogens is 356 g/mol. The molecule has 3 nitrogen and oxygen atoms in total. The summed E-state index contributed by atoms with van der Waals surface area (Å²) in [5.74, 6) is 0.194. The predicted molar refractivity (Wildman–Crippen MR) is 117 cm³/mol. The van der Waals surface area contributed by atoms with E-state index in [1.807, 2.05) is 25.1 Å². The molecule has 29 heavy (non-hydrogen) atoms. The van der Waals surface area contributed by atoms with Gasteiger partial charge in [-0.1, -0.05) is 54.1 Å². The number of carbonyl (C=O) groups excluding carboxylic acids is 1. The highest BCUT2D eigenvalue weighted by Crippen LogP contribution is 2.46. The highest BCUT2D eigenvalue weighted by atomic mass is 16.1. The predicted octanol–water partition coefficient (Wildman–Crippen LogP) is 6.07. The number of rotatable bonds is 6. The number of para-hydroxylation sites is 1. The summed E-state index contributed by atoms with van der Waals surface area (Å²) in [4.78, 5) is 13.9. The maximum atomic E-state index is 13.9. The number of benzene rings is 2. The van der Waals surface area contributed by atoms with Crippen molar-refractivity contribution in [1.82, 2.24) is 4.57 Å². The van der Waals surface area contributed by atoms with Gasteiger partial charge < -0.3 is 4.57 Å². The van der Waals surface area contributed by atoms with Gasteiger partial charge in [-0.2, -0.15) is 5.26 Å². The first kappa shape index (κ1) is 19.2. The Hall–Kier alpha value is -3.12. The normalized spacial score (nSPS) is 18.4. The number of hydrogen-bond acceptors (Lipinski definition) is 2. The van der Waals surface area contributed by atoms with E-state index >= 15 is 0 Å². The van der Waals surface area contributed by atoms with Gasteiger partial charge >= 0.3 is 0 Å². The summed E-state index contributed by atoms with van der Waals surface area (Å²) in [5.41, 5.74) is 4.84. The second-order valence-electron chi connectivity index (χ2n) is 8.31. The number of Topliss-reactive ketones (excluding diaryl/α,β-unsaturated/α-hetero) is 1. The summed E-state index contributed by atoms with van der Waals surface area (Å²) in [5, 5.41) is 10.2. The summed E-state index contributed by atoms with van der Waals surface area (Å²) in [6.07, 6.45) is 3.29. The number of carbonyl (C=O) groups is 1. The molecule has 0 saturated heterocycles. The molecule has 0 bridgehead atoms. The van der Waals surface area contributed by atoms with Crippen molar-refractivity contribution in [1.29, 1.82) is 5.26 Å². The second-order valence-corrected chi connectivity index (χ2v) is 8.31. The minimum absolute atomic E-state index is 0.194. The monoisotopic (exact) mass is 382 g/mol. The topological polar surface area (TPSA) is 45.8 Å². The van der Waals surface area contributed by atoms with Crippen LogP contribution in [0.3, 0.4) is 0 Å². The summed E-state index contributed by atoms with van der Waals surface area (Å²) < 4.78 is 2.31. The summed E-state index contributed by atoms with van der Waals surface area (Å²) in [6.45, 7) is 6.82. The van der Waals surface area contributed by atoms with E-state index in [1.54, 1.807) is 0 Å². The Morgan fingerprint density at radius 2 is 1.90 bits per heavy atom. The third-order valence-corrected chi connectivity index (χ3v) is 6.17. The van der Waals surface area contributed by atoms with Crippen LogP contribution in [0.5, 0.6) is 0 Å². The second kappa shape index (κ2) is 7.72. The molecule has 0 N–H and O–H groups in total. The van der Waals surface area contributed by atoms with Gasteiger partial charge in [-0.25, -0.2) is 0 Å². The van der Waals surface area contributed by atoms with Gasteiger partial charge in [-0.3, -0.25) is 4.79 Å². The number of aromatic nitrogens is 1. The van der Waals surface area contributed by atoms with Gasteiger partial charge in [0.2, 0.25) is 0 Å². The van der Waals surface area contributed by atoms with Crippen LogP contribution in [0, 0.1) is 16.7 Å². The average Bonchev–Trinajstić information content (AvgIpc) is 3.04. The molecule has 3 heteroatoms. The van der Waals surface area contributed by atoms with Crippen LogP contribution in [0.25, 0.3) is 10.9 Å². The van der Waals surface area contributed by atoms with Crippen molar-refractivity contribution in [3.05, 3.63) is 83.6 Å². The van der Waals surface area contributed by atoms with Crippen LogP contribution >= 0.6 is 0 Å². The molecule has 146 valence electrons. The third kappa shape index (κ3) is 3.40. The zero-order valence-corrected chi connectivity index (χ0v) is 16.9. The first-order valence-electron chi connectivity index (χ1n) is 10.3. The van der Waals surface area contributed by atoms with Gasteiger partial charge in [0.05, 0.1) is 6.07 Å². The van der Waals surface area contributed by atoms with Gasteiger partial charge in [0.15, 0.2) is 5.78 Å². The molecule has 0 spiro atoms. The zero-order chi connectivity index (χ0) is 20.4. The smallest absolute Gasteiger partial charge is 0.171 e.